The molecule has 1 aromatic carbocycles. The van der Waals surface area contributed by atoms with Crippen molar-refractivity contribution >= 4 is 22.4 Å². The third-order valence-corrected chi connectivity index (χ3v) is 7.37. The number of fused-ring (bicyclic) bond motifs is 1. The molecule has 0 saturated heterocycles. The summed E-state index contributed by atoms with van der Waals surface area (Å²) >= 11 is 0. The minimum atomic E-state index is -0.788. The Morgan fingerprint density at radius 1 is 1.05 bits per heavy atom. The van der Waals surface area contributed by atoms with Crippen LogP contribution < -0.4 is 10.1 Å². The van der Waals surface area contributed by atoms with E-state index in [1.807, 2.05) is 54.8 Å². The standard InChI is InChI=1S/C33H39N9O2/c1-6-12-40(13-7-2)14-15-44-31-18-28-30(17-29(31)37-25-9-8-22(3)35-20-25)41(21-36-28)32-11-10-27(24(5)43)33(38-32)42-23(4)16-26(19-34)39-42/h8-11,16-18,20-21,24,37,43H,6-7,12-15H2,1-5H3. The number of aryl methyl sites for hydroxylation is 2. The van der Waals surface area contributed by atoms with Crippen LogP contribution in [0.3, 0.4) is 0 Å². The highest BCUT2D eigenvalue weighted by molar-refractivity contribution is 5.86. The van der Waals surface area contributed by atoms with Gasteiger partial charge in [0.2, 0.25) is 0 Å². The lowest BCUT2D eigenvalue weighted by molar-refractivity contribution is 0.198. The lowest BCUT2D eigenvalue weighted by atomic mass is 10.1. The highest BCUT2D eigenvalue weighted by atomic mass is 16.5. The van der Waals surface area contributed by atoms with Crippen molar-refractivity contribution in [3.63, 3.8) is 0 Å². The van der Waals surface area contributed by atoms with E-state index >= 15 is 0 Å². The molecule has 5 aromatic rings. The minimum absolute atomic E-state index is 0.278. The normalized spacial score (nSPS) is 12.0. The number of hydrogen-bond acceptors (Lipinski definition) is 9. The van der Waals surface area contributed by atoms with E-state index in [0.717, 1.165) is 66.3 Å². The van der Waals surface area contributed by atoms with E-state index in [-0.39, 0.29) is 5.69 Å². The summed E-state index contributed by atoms with van der Waals surface area (Å²) in [6.07, 6.45) is 4.94. The molecule has 228 valence electrons. The number of nitriles is 1. The van der Waals surface area contributed by atoms with E-state index in [0.29, 0.717) is 29.6 Å². The molecule has 0 fully saturated rings. The first kappa shape index (κ1) is 30.7. The third kappa shape index (κ3) is 6.72. The molecule has 0 aliphatic rings. The van der Waals surface area contributed by atoms with Crippen LogP contribution in [0.15, 0.2) is 55.0 Å². The molecule has 0 amide bonds. The van der Waals surface area contributed by atoms with E-state index in [1.54, 1.807) is 30.2 Å². The fourth-order valence-corrected chi connectivity index (χ4v) is 5.21. The lowest BCUT2D eigenvalue weighted by Crippen LogP contribution is -2.30. The van der Waals surface area contributed by atoms with Crippen LogP contribution in [0.2, 0.25) is 0 Å². The molecule has 2 N–H and O–H groups in total. The van der Waals surface area contributed by atoms with E-state index < -0.39 is 6.10 Å². The van der Waals surface area contributed by atoms with Gasteiger partial charge in [-0.2, -0.15) is 10.4 Å². The number of nitrogens with zero attached hydrogens (tertiary/aromatic N) is 8. The van der Waals surface area contributed by atoms with Gasteiger partial charge in [0.25, 0.3) is 0 Å². The number of aliphatic hydroxyl groups excluding tert-OH is 1. The van der Waals surface area contributed by atoms with Gasteiger partial charge in [0.05, 0.1) is 34.7 Å². The first-order chi connectivity index (χ1) is 21.3. The van der Waals surface area contributed by atoms with Crippen LogP contribution in [-0.2, 0) is 0 Å². The molecule has 0 bridgehead atoms. The highest BCUT2D eigenvalue weighted by Crippen LogP contribution is 2.34. The van der Waals surface area contributed by atoms with E-state index in [9.17, 15) is 10.4 Å². The van der Waals surface area contributed by atoms with Crippen LogP contribution in [0.4, 0.5) is 11.4 Å². The van der Waals surface area contributed by atoms with Crippen molar-refractivity contribution in [2.75, 3.05) is 31.6 Å². The Morgan fingerprint density at radius 2 is 1.84 bits per heavy atom. The molecule has 4 heterocycles. The molecule has 44 heavy (non-hydrogen) atoms. The van der Waals surface area contributed by atoms with Gasteiger partial charge in [0.1, 0.15) is 30.6 Å². The molecule has 11 heteroatoms. The van der Waals surface area contributed by atoms with Gasteiger partial charge in [-0.1, -0.05) is 13.8 Å². The molecule has 0 aliphatic heterocycles. The van der Waals surface area contributed by atoms with Gasteiger partial charge < -0.3 is 15.2 Å². The summed E-state index contributed by atoms with van der Waals surface area (Å²) in [5.74, 6) is 1.74. The summed E-state index contributed by atoms with van der Waals surface area (Å²) in [5.41, 5.74) is 5.73. The molecule has 0 saturated carbocycles. The van der Waals surface area contributed by atoms with Crippen LogP contribution in [-0.4, -0.2) is 65.5 Å². The number of anilines is 2. The lowest BCUT2D eigenvalue weighted by Gasteiger charge is -2.21. The number of rotatable bonds is 13. The average molecular weight is 594 g/mol. The maximum atomic E-state index is 10.5. The van der Waals surface area contributed by atoms with Gasteiger partial charge in [-0.05, 0) is 83.1 Å². The first-order valence-corrected chi connectivity index (χ1v) is 15.0. The van der Waals surface area contributed by atoms with Gasteiger partial charge in [-0.15, -0.1) is 0 Å². The van der Waals surface area contributed by atoms with Crippen LogP contribution >= 0.6 is 0 Å². The fourth-order valence-electron chi connectivity index (χ4n) is 5.21. The fraction of sp³-hybridized carbons (Fsp3) is 0.364. The number of pyridine rings is 2. The summed E-state index contributed by atoms with van der Waals surface area (Å²) in [4.78, 5) is 16.5. The molecule has 1 atom stereocenters. The molecule has 0 spiro atoms. The van der Waals surface area contributed by atoms with Crippen LogP contribution in [0.1, 0.15) is 62.4 Å². The zero-order valence-electron chi connectivity index (χ0n) is 25.9. The monoisotopic (exact) mass is 593 g/mol. The SMILES string of the molecule is CCCN(CCC)CCOc1cc2ncn(-c3ccc(C(C)O)c(-n4nc(C#N)cc4C)n3)c2cc1Nc1ccc(C)nc1. The summed E-state index contributed by atoms with van der Waals surface area (Å²) in [7, 11) is 0. The Balaban J connectivity index is 1.55. The number of nitrogens with one attached hydrogen (secondary N) is 1. The molecule has 1 unspecified atom stereocenters. The summed E-state index contributed by atoms with van der Waals surface area (Å²) in [5, 5.41) is 27.8. The van der Waals surface area contributed by atoms with Gasteiger partial charge in [0.15, 0.2) is 11.5 Å². The van der Waals surface area contributed by atoms with Crippen molar-refractivity contribution in [1.29, 1.82) is 5.26 Å². The predicted octanol–water partition coefficient (Wildman–Crippen LogP) is 5.79. The predicted molar refractivity (Wildman–Crippen MR) is 171 cm³/mol. The number of aliphatic hydroxyl groups is 1. The quantitative estimate of drug-likeness (QED) is 0.174. The third-order valence-electron chi connectivity index (χ3n) is 7.37. The van der Waals surface area contributed by atoms with Gasteiger partial charge in [-0.25, -0.2) is 14.6 Å². The van der Waals surface area contributed by atoms with Crippen molar-refractivity contribution in [1.82, 2.24) is 34.2 Å². The van der Waals surface area contributed by atoms with E-state index in [1.165, 1.54) is 0 Å². The van der Waals surface area contributed by atoms with Crippen molar-refractivity contribution in [2.45, 2.75) is 53.6 Å². The van der Waals surface area contributed by atoms with Crippen molar-refractivity contribution in [3.8, 4) is 23.5 Å². The average Bonchev–Trinajstić information content (AvgIpc) is 3.60. The second kappa shape index (κ2) is 13.7. The number of ether oxygens (including phenoxy) is 1. The summed E-state index contributed by atoms with van der Waals surface area (Å²) in [6, 6.07) is 15.3. The number of imidazole rings is 1. The zero-order chi connectivity index (χ0) is 31.2. The van der Waals surface area contributed by atoms with Gasteiger partial charge in [0, 0.05) is 29.6 Å². The van der Waals surface area contributed by atoms with Gasteiger partial charge in [-0.3, -0.25) is 14.5 Å². The molecular weight excluding hydrogens is 554 g/mol. The maximum Gasteiger partial charge on any atom is 0.163 e. The van der Waals surface area contributed by atoms with E-state index in [2.05, 4.69) is 45.2 Å². The van der Waals surface area contributed by atoms with Crippen molar-refractivity contribution in [3.05, 3.63) is 77.6 Å². The van der Waals surface area contributed by atoms with Crippen LogP contribution in [0, 0.1) is 25.2 Å². The van der Waals surface area contributed by atoms with Gasteiger partial charge >= 0.3 is 0 Å². The number of benzene rings is 1. The summed E-state index contributed by atoms with van der Waals surface area (Å²) in [6.45, 7) is 13.3. The minimum Gasteiger partial charge on any atom is -0.490 e. The second-order valence-electron chi connectivity index (χ2n) is 10.9. The maximum absolute atomic E-state index is 10.5. The van der Waals surface area contributed by atoms with Crippen LogP contribution in [0.5, 0.6) is 5.75 Å². The largest absolute Gasteiger partial charge is 0.490 e. The molecule has 4 aromatic heterocycles. The topological polar surface area (TPSA) is 130 Å². The highest BCUT2D eigenvalue weighted by Gasteiger charge is 2.19. The Hall–Kier alpha value is -4.79. The van der Waals surface area contributed by atoms with Crippen molar-refractivity contribution in [2.24, 2.45) is 0 Å². The Kier molecular flexibility index (Phi) is 9.53. The molecule has 11 nitrogen and oxygen atoms in total. The number of aromatic nitrogens is 6. The number of hydrogen-bond donors (Lipinski definition) is 2. The molecule has 0 aliphatic carbocycles. The Labute approximate surface area is 257 Å². The first-order valence-electron chi connectivity index (χ1n) is 15.0. The second-order valence-corrected chi connectivity index (χ2v) is 10.9. The molecule has 5 rings (SSSR count). The van der Waals surface area contributed by atoms with Crippen LogP contribution in [0.25, 0.3) is 22.7 Å². The Bertz CT molecular complexity index is 1760. The van der Waals surface area contributed by atoms with Crippen molar-refractivity contribution < 1.29 is 9.84 Å². The van der Waals surface area contributed by atoms with E-state index in [4.69, 9.17) is 9.72 Å². The molecule has 0 radical (unpaired) electrons. The zero-order valence-corrected chi connectivity index (χ0v) is 25.9. The smallest absolute Gasteiger partial charge is 0.163 e. The molecular formula is C33H39N9O2. The summed E-state index contributed by atoms with van der Waals surface area (Å²) < 4.78 is 9.85. The Morgan fingerprint density at radius 3 is 2.50 bits per heavy atom.